The highest BCUT2D eigenvalue weighted by Crippen LogP contribution is 2.13. The lowest BCUT2D eigenvalue weighted by Crippen LogP contribution is -1.88. The summed E-state index contributed by atoms with van der Waals surface area (Å²) in [4.78, 5) is 18.2. The van der Waals surface area contributed by atoms with Crippen molar-refractivity contribution in [1.82, 2.24) is 25.4 Å². The third kappa shape index (κ3) is 1.28. The smallest absolute Gasteiger partial charge is 0.172 e. The summed E-state index contributed by atoms with van der Waals surface area (Å²) < 4.78 is 0. The van der Waals surface area contributed by atoms with Gasteiger partial charge in [-0.15, -0.1) is 0 Å². The van der Waals surface area contributed by atoms with Crippen LogP contribution in [0.15, 0.2) is 18.6 Å². The van der Waals surface area contributed by atoms with Crippen LogP contribution in [0.1, 0.15) is 10.5 Å². The minimum Gasteiger partial charge on any atom is -0.296 e. The number of rotatable bonds is 2. The molecule has 2 aromatic heterocycles. The highest BCUT2D eigenvalue weighted by atomic mass is 16.1. The van der Waals surface area contributed by atoms with E-state index in [1.165, 1.54) is 6.33 Å². The number of carbonyl (C=O) groups excluding carboxylic acids is 1. The molecule has 0 unspecified atom stereocenters. The molecule has 6 heteroatoms. The number of aromatic nitrogens is 5. The number of aldehydes is 1. The molecule has 0 fully saturated rings. The van der Waals surface area contributed by atoms with Crippen molar-refractivity contribution in [3.05, 3.63) is 24.3 Å². The third-order valence-electron chi connectivity index (χ3n) is 1.51. The molecule has 13 heavy (non-hydrogen) atoms. The van der Waals surface area contributed by atoms with Gasteiger partial charge in [0.2, 0.25) is 0 Å². The molecule has 0 bridgehead atoms. The van der Waals surface area contributed by atoms with E-state index in [1.807, 2.05) is 0 Å². The Labute approximate surface area is 73.0 Å². The number of carbonyl (C=O) groups is 1. The van der Waals surface area contributed by atoms with Gasteiger partial charge in [0, 0.05) is 6.20 Å². The van der Waals surface area contributed by atoms with Gasteiger partial charge >= 0.3 is 0 Å². The Bertz CT molecular complexity index is 410. The lowest BCUT2D eigenvalue weighted by atomic mass is 10.2. The van der Waals surface area contributed by atoms with E-state index in [0.717, 1.165) is 0 Å². The van der Waals surface area contributed by atoms with Crippen molar-refractivity contribution in [2.75, 3.05) is 0 Å². The summed E-state index contributed by atoms with van der Waals surface area (Å²) in [5.74, 6) is 0. The van der Waals surface area contributed by atoms with Crippen LogP contribution < -0.4 is 0 Å². The molecule has 2 heterocycles. The van der Waals surface area contributed by atoms with Gasteiger partial charge in [0.05, 0.1) is 5.69 Å². The average Bonchev–Trinajstić information content (AvgIpc) is 2.67. The van der Waals surface area contributed by atoms with Gasteiger partial charge in [-0.05, 0) is 6.07 Å². The predicted octanol–water partition coefficient (Wildman–Crippen LogP) is 0.0742. The summed E-state index contributed by atoms with van der Waals surface area (Å²) in [5.41, 5.74) is 1.27. The van der Waals surface area contributed by atoms with Crippen molar-refractivity contribution in [3.63, 3.8) is 0 Å². The van der Waals surface area contributed by atoms with E-state index >= 15 is 0 Å². The number of aromatic amines is 1. The van der Waals surface area contributed by atoms with Crippen molar-refractivity contribution in [2.45, 2.75) is 0 Å². The van der Waals surface area contributed by atoms with Crippen LogP contribution in [0.4, 0.5) is 0 Å². The van der Waals surface area contributed by atoms with Crippen LogP contribution in [-0.2, 0) is 0 Å². The molecule has 0 saturated heterocycles. The highest BCUT2D eigenvalue weighted by Gasteiger charge is 2.09. The van der Waals surface area contributed by atoms with E-state index in [2.05, 4.69) is 25.4 Å². The van der Waals surface area contributed by atoms with Gasteiger partial charge in [-0.3, -0.25) is 4.79 Å². The van der Waals surface area contributed by atoms with Crippen LogP contribution in [0.25, 0.3) is 11.4 Å². The van der Waals surface area contributed by atoms with E-state index in [4.69, 9.17) is 0 Å². The van der Waals surface area contributed by atoms with Gasteiger partial charge in [-0.25, -0.2) is 9.97 Å². The largest absolute Gasteiger partial charge is 0.296 e. The van der Waals surface area contributed by atoms with Gasteiger partial charge in [-0.2, -0.15) is 15.4 Å². The standard InChI is InChI=1S/C7H5N5O/c13-3-6-7(11-12-10-6)5-1-2-8-4-9-5/h1-4H,(H,10,11,12). The summed E-state index contributed by atoms with van der Waals surface area (Å²) in [7, 11) is 0. The maximum Gasteiger partial charge on any atom is 0.172 e. The maximum atomic E-state index is 10.5. The van der Waals surface area contributed by atoms with Crippen molar-refractivity contribution >= 4 is 6.29 Å². The molecule has 0 radical (unpaired) electrons. The SMILES string of the molecule is O=Cc1n[nH]nc1-c1ccncn1. The molecule has 2 rings (SSSR count). The molecule has 0 aliphatic carbocycles. The summed E-state index contributed by atoms with van der Waals surface area (Å²) in [6, 6.07) is 1.66. The molecule has 0 aliphatic rings. The number of nitrogens with zero attached hydrogens (tertiary/aromatic N) is 4. The second-order valence-electron chi connectivity index (χ2n) is 2.27. The Morgan fingerprint density at radius 1 is 1.38 bits per heavy atom. The third-order valence-corrected chi connectivity index (χ3v) is 1.51. The van der Waals surface area contributed by atoms with E-state index in [-0.39, 0.29) is 5.69 Å². The van der Waals surface area contributed by atoms with Gasteiger partial charge < -0.3 is 0 Å². The molecular formula is C7H5N5O. The van der Waals surface area contributed by atoms with Gasteiger partial charge in [0.15, 0.2) is 12.0 Å². The molecule has 0 amide bonds. The molecule has 1 N–H and O–H groups in total. The topological polar surface area (TPSA) is 84.4 Å². The van der Waals surface area contributed by atoms with Crippen LogP contribution in [0.2, 0.25) is 0 Å². The Balaban J connectivity index is 2.52. The van der Waals surface area contributed by atoms with Gasteiger partial charge in [-0.1, -0.05) is 0 Å². The van der Waals surface area contributed by atoms with Gasteiger partial charge in [0.1, 0.15) is 12.0 Å². The first-order chi connectivity index (χ1) is 6.42. The fourth-order valence-electron chi connectivity index (χ4n) is 0.941. The van der Waals surface area contributed by atoms with Crippen molar-refractivity contribution in [3.8, 4) is 11.4 Å². The van der Waals surface area contributed by atoms with Crippen LogP contribution in [0.3, 0.4) is 0 Å². The van der Waals surface area contributed by atoms with E-state index in [9.17, 15) is 4.79 Å². The van der Waals surface area contributed by atoms with Crippen molar-refractivity contribution < 1.29 is 4.79 Å². The Morgan fingerprint density at radius 2 is 2.31 bits per heavy atom. The first-order valence-electron chi connectivity index (χ1n) is 3.54. The minimum atomic E-state index is 0.249. The zero-order valence-corrected chi connectivity index (χ0v) is 6.51. The highest BCUT2D eigenvalue weighted by molar-refractivity contribution is 5.81. The molecule has 0 aliphatic heterocycles. The lowest BCUT2D eigenvalue weighted by Gasteiger charge is -1.92. The quantitative estimate of drug-likeness (QED) is 0.653. The van der Waals surface area contributed by atoms with E-state index < -0.39 is 0 Å². The molecular weight excluding hydrogens is 170 g/mol. The zero-order chi connectivity index (χ0) is 9.10. The van der Waals surface area contributed by atoms with Gasteiger partial charge in [0.25, 0.3) is 0 Å². The molecule has 0 saturated carbocycles. The molecule has 0 aromatic carbocycles. The van der Waals surface area contributed by atoms with E-state index in [1.54, 1.807) is 12.3 Å². The first-order valence-corrected chi connectivity index (χ1v) is 3.54. The molecule has 0 spiro atoms. The fourth-order valence-corrected chi connectivity index (χ4v) is 0.941. The molecule has 6 nitrogen and oxygen atoms in total. The zero-order valence-electron chi connectivity index (χ0n) is 6.51. The first kappa shape index (κ1) is 7.53. The number of hydrogen-bond acceptors (Lipinski definition) is 5. The fraction of sp³-hybridized carbons (Fsp3) is 0. The van der Waals surface area contributed by atoms with Crippen LogP contribution in [-0.4, -0.2) is 31.7 Å². The van der Waals surface area contributed by atoms with Crippen LogP contribution >= 0.6 is 0 Å². The second-order valence-corrected chi connectivity index (χ2v) is 2.27. The Kier molecular flexibility index (Phi) is 1.79. The van der Waals surface area contributed by atoms with Crippen molar-refractivity contribution in [2.24, 2.45) is 0 Å². The number of H-pyrrole nitrogens is 1. The second kappa shape index (κ2) is 3.10. The Hall–Kier alpha value is -2.11. The monoisotopic (exact) mass is 175 g/mol. The molecule has 2 aromatic rings. The summed E-state index contributed by atoms with van der Waals surface area (Å²) in [6.45, 7) is 0. The molecule has 0 atom stereocenters. The maximum absolute atomic E-state index is 10.5. The number of hydrogen-bond donors (Lipinski definition) is 1. The minimum absolute atomic E-state index is 0.249. The summed E-state index contributed by atoms with van der Waals surface area (Å²) >= 11 is 0. The summed E-state index contributed by atoms with van der Waals surface area (Å²) in [5, 5.41) is 9.80. The predicted molar refractivity (Wildman–Crippen MR) is 42.8 cm³/mol. The Morgan fingerprint density at radius 3 is 3.00 bits per heavy atom. The van der Waals surface area contributed by atoms with Crippen LogP contribution in [0, 0.1) is 0 Å². The number of nitrogens with one attached hydrogen (secondary N) is 1. The van der Waals surface area contributed by atoms with Crippen LogP contribution in [0.5, 0.6) is 0 Å². The lowest BCUT2D eigenvalue weighted by molar-refractivity contribution is 0.111. The van der Waals surface area contributed by atoms with Crippen molar-refractivity contribution in [1.29, 1.82) is 0 Å². The summed E-state index contributed by atoms with van der Waals surface area (Å²) in [6.07, 6.45) is 3.59. The molecule has 64 valence electrons. The normalized spacial score (nSPS) is 9.85. The average molecular weight is 175 g/mol. The van der Waals surface area contributed by atoms with E-state index in [0.29, 0.717) is 17.7 Å².